The molecule has 0 aromatic carbocycles. The van der Waals surface area contributed by atoms with Crippen molar-refractivity contribution in [2.24, 2.45) is 17.4 Å². The van der Waals surface area contributed by atoms with E-state index in [0.29, 0.717) is 22.9 Å². The first kappa shape index (κ1) is 13.7. The molecule has 1 aromatic heterocycles. The van der Waals surface area contributed by atoms with Gasteiger partial charge in [-0.2, -0.15) is 0 Å². The third kappa shape index (κ3) is 3.83. The molecule has 1 aromatic rings. The highest BCUT2D eigenvalue weighted by Crippen LogP contribution is 2.22. The van der Waals surface area contributed by atoms with Crippen LogP contribution in [0.5, 0.6) is 0 Å². The Morgan fingerprint density at radius 1 is 1.47 bits per heavy atom. The van der Waals surface area contributed by atoms with Crippen LogP contribution in [0.2, 0.25) is 0 Å². The minimum absolute atomic E-state index is 0.288. The number of amides is 2. The minimum atomic E-state index is -0.571. The van der Waals surface area contributed by atoms with E-state index in [-0.39, 0.29) is 5.91 Å². The molecule has 94 valence electrons. The van der Waals surface area contributed by atoms with E-state index in [4.69, 9.17) is 11.5 Å². The Morgan fingerprint density at radius 2 is 2.12 bits per heavy atom. The molecular formula is C11H17N3O2S. The van der Waals surface area contributed by atoms with Gasteiger partial charge in [0.2, 0.25) is 5.91 Å². The van der Waals surface area contributed by atoms with Crippen LogP contribution in [0, 0.1) is 5.92 Å². The first-order chi connectivity index (χ1) is 7.91. The van der Waals surface area contributed by atoms with Gasteiger partial charge in [-0.25, -0.2) is 0 Å². The zero-order chi connectivity index (χ0) is 13.0. The zero-order valence-corrected chi connectivity index (χ0v) is 10.7. The number of hydrogen-bond donors (Lipinski definition) is 3. The highest BCUT2D eigenvalue weighted by atomic mass is 32.1. The number of nitrogens with two attached hydrogens (primary N) is 2. The molecule has 0 saturated carbocycles. The Hall–Kier alpha value is -1.40. The van der Waals surface area contributed by atoms with Crippen LogP contribution in [0.25, 0.3) is 0 Å². The van der Waals surface area contributed by atoms with Gasteiger partial charge in [0.15, 0.2) is 0 Å². The van der Waals surface area contributed by atoms with Gasteiger partial charge in [-0.15, -0.1) is 11.3 Å². The molecule has 2 amide bonds. The largest absolute Gasteiger partial charge is 0.366 e. The molecule has 0 radical (unpaired) electrons. The first-order valence-electron chi connectivity index (χ1n) is 5.35. The van der Waals surface area contributed by atoms with Crippen LogP contribution in [-0.4, -0.2) is 17.9 Å². The van der Waals surface area contributed by atoms with Crippen LogP contribution in [0.4, 0.5) is 5.00 Å². The summed E-state index contributed by atoms with van der Waals surface area (Å²) in [6.07, 6.45) is 0.600. The fourth-order valence-corrected chi connectivity index (χ4v) is 2.21. The average molecular weight is 255 g/mol. The number of thiophene rings is 1. The van der Waals surface area contributed by atoms with Gasteiger partial charge in [0.25, 0.3) is 5.91 Å². The average Bonchev–Trinajstić information content (AvgIpc) is 2.64. The predicted molar refractivity (Wildman–Crippen MR) is 68.9 cm³/mol. The van der Waals surface area contributed by atoms with Crippen LogP contribution < -0.4 is 16.8 Å². The van der Waals surface area contributed by atoms with Gasteiger partial charge >= 0.3 is 0 Å². The quantitative estimate of drug-likeness (QED) is 0.736. The third-order valence-corrected chi connectivity index (χ3v) is 3.06. The van der Waals surface area contributed by atoms with Crippen LogP contribution in [0.15, 0.2) is 11.4 Å². The lowest BCUT2D eigenvalue weighted by atomic mass is 10.0. The monoisotopic (exact) mass is 255 g/mol. The summed E-state index contributed by atoms with van der Waals surface area (Å²) in [6.45, 7) is 3.99. The van der Waals surface area contributed by atoms with Crippen molar-refractivity contribution in [1.82, 2.24) is 0 Å². The van der Waals surface area contributed by atoms with Crippen molar-refractivity contribution < 1.29 is 9.59 Å². The van der Waals surface area contributed by atoms with E-state index >= 15 is 0 Å². The van der Waals surface area contributed by atoms with Gasteiger partial charge in [-0.3, -0.25) is 9.59 Å². The van der Waals surface area contributed by atoms with Crippen molar-refractivity contribution in [3.05, 3.63) is 17.0 Å². The highest BCUT2D eigenvalue weighted by Gasteiger charge is 2.18. The van der Waals surface area contributed by atoms with Crippen LogP contribution in [0.1, 0.15) is 30.6 Å². The van der Waals surface area contributed by atoms with E-state index in [1.165, 1.54) is 11.3 Å². The van der Waals surface area contributed by atoms with Crippen molar-refractivity contribution in [3.63, 3.8) is 0 Å². The summed E-state index contributed by atoms with van der Waals surface area (Å²) in [5.74, 6) is -0.502. The van der Waals surface area contributed by atoms with E-state index < -0.39 is 11.9 Å². The van der Waals surface area contributed by atoms with Crippen molar-refractivity contribution >= 4 is 28.2 Å². The fourth-order valence-electron chi connectivity index (χ4n) is 1.42. The summed E-state index contributed by atoms with van der Waals surface area (Å²) in [6, 6.07) is 1.01. The molecule has 0 aliphatic heterocycles. The van der Waals surface area contributed by atoms with Crippen LogP contribution >= 0.6 is 11.3 Å². The summed E-state index contributed by atoms with van der Waals surface area (Å²) in [7, 11) is 0. The SMILES string of the molecule is CC(C)CC(N)C(=O)Nc1sccc1C(N)=O. The summed E-state index contributed by atoms with van der Waals surface area (Å²) in [4.78, 5) is 22.8. The molecule has 1 unspecified atom stereocenters. The molecule has 0 fully saturated rings. The number of carbonyl (C=O) groups excluding carboxylic acids is 2. The second-order valence-corrected chi connectivity index (χ2v) is 5.17. The molecule has 5 N–H and O–H groups in total. The van der Waals surface area contributed by atoms with E-state index in [9.17, 15) is 9.59 Å². The first-order valence-corrected chi connectivity index (χ1v) is 6.23. The lowest BCUT2D eigenvalue weighted by molar-refractivity contribution is -0.117. The van der Waals surface area contributed by atoms with Crippen molar-refractivity contribution in [2.75, 3.05) is 5.32 Å². The van der Waals surface area contributed by atoms with Gasteiger partial charge in [-0.1, -0.05) is 13.8 Å². The summed E-state index contributed by atoms with van der Waals surface area (Å²) < 4.78 is 0. The van der Waals surface area contributed by atoms with Crippen LogP contribution in [-0.2, 0) is 4.79 Å². The summed E-state index contributed by atoms with van der Waals surface area (Å²) >= 11 is 1.25. The van der Waals surface area contributed by atoms with E-state index in [1.54, 1.807) is 11.4 Å². The molecule has 0 bridgehead atoms. The smallest absolute Gasteiger partial charge is 0.251 e. The molecular weight excluding hydrogens is 238 g/mol. The number of rotatable bonds is 5. The fraction of sp³-hybridized carbons (Fsp3) is 0.455. The third-order valence-electron chi connectivity index (χ3n) is 2.23. The zero-order valence-electron chi connectivity index (χ0n) is 9.90. The van der Waals surface area contributed by atoms with Crippen LogP contribution in [0.3, 0.4) is 0 Å². The van der Waals surface area contributed by atoms with E-state index in [0.717, 1.165) is 0 Å². The maximum atomic E-state index is 11.7. The Labute approximate surface area is 104 Å². The number of nitrogens with one attached hydrogen (secondary N) is 1. The van der Waals surface area contributed by atoms with Gasteiger partial charge in [-0.05, 0) is 23.8 Å². The standard InChI is InChI=1S/C11H17N3O2S/c1-6(2)5-8(12)10(16)14-11-7(9(13)15)3-4-17-11/h3-4,6,8H,5,12H2,1-2H3,(H2,13,15)(H,14,16). The predicted octanol–water partition coefficient (Wildman–Crippen LogP) is 1.16. The van der Waals surface area contributed by atoms with Crippen molar-refractivity contribution in [3.8, 4) is 0 Å². The lowest BCUT2D eigenvalue weighted by Gasteiger charge is -2.13. The molecule has 1 rings (SSSR count). The normalized spacial score (nSPS) is 12.5. The molecule has 0 spiro atoms. The van der Waals surface area contributed by atoms with Gasteiger partial charge < -0.3 is 16.8 Å². The molecule has 1 atom stereocenters. The molecule has 0 aliphatic carbocycles. The summed E-state index contributed by atoms with van der Waals surface area (Å²) in [5.41, 5.74) is 11.2. The maximum Gasteiger partial charge on any atom is 0.251 e. The molecule has 0 aliphatic rings. The maximum absolute atomic E-state index is 11.7. The van der Waals surface area contributed by atoms with E-state index in [1.807, 2.05) is 13.8 Å². The second-order valence-electron chi connectivity index (χ2n) is 4.25. The van der Waals surface area contributed by atoms with Crippen molar-refractivity contribution in [2.45, 2.75) is 26.3 Å². The Balaban J connectivity index is 2.68. The summed E-state index contributed by atoms with van der Waals surface area (Å²) in [5, 5.41) is 4.79. The molecule has 5 nitrogen and oxygen atoms in total. The second kappa shape index (κ2) is 5.79. The molecule has 6 heteroatoms. The number of primary amides is 1. The molecule has 0 saturated heterocycles. The number of anilines is 1. The Kier molecular flexibility index (Phi) is 4.65. The van der Waals surface area contributed by atoms with Gasteiger partial charge in [0.1, 0.15) is 5.00 Å². The molecule has 1 heterocycles. The minimum Gasteiger partial charge on any atom is -0.366 e. The lowest BCUT2D eigenvalue weighted by Crippen LogP contribution is -2.36. The van der Waals surface area contributed by atoms with E-state index in [2.05, 4.69) is 5.32 Å². The Bertz CT molecular complexity index is 415. The van der Waals surface area contributed by atoms with Gasteiger partial charge in [0.05, 0.1) is 11.6 Å². The topological polar surface area (TPSA) is 98.2 Å². The number of hydrogen-bond acceptors (Lipinski definition) is 4. The molecule has 17 heavy (non-hydrogen) atoms. The van der Waals surface area contributed by atoms with Gasteiger partial charge in [0, 0.05) is 0 Å². The highest BCUT2D eigenvalue weighted by molar-refractivity contribution is 7.14. The number of carbonyl (C=O) groups is 2. The Morgan fingerprint density at radius 3 is 2.65 bits per heavy atom. The van der Waals surface area contributed by atoms with Crippen molar-refractivity contribution in [1.29, 1.82) is 0 Å².